The Balaban J connectivity index is 1.43. The SMILES string of the molecule is CC(C)(C)c1ncc2c(n1)CCN(Cc1ccc(-c3ccc(Br)cc3)nc1)C2. The maximum atomic E-state index is 4.82. The monoisotopic (exact) mass is 436 g/mol. The molecule has 0 aliphatic carbocycles. The van der Waals surface area contributed by atoms with E-state index in [0.29, 0.717) is 0 Å². The van der Waals surface area contributed by atoms with Crippen LogP contribution in [-0.4, -0.2) is 26.4 Å². The lowest BCUT2D eigenvalue weighted by Gasteiger charge is -2.29. The van der Waals surface area contributed by atoms with Crippen LogP contribution in [0.5, 0.6) is 0 Å². The smallest absolute Gasteiger partial charge is 0.133 e. The average molecular weight is 437 g/mol. The summed E-state index contributed by atoms with van der Waals surface area (Å²) in [6, 6.07) is 12.5. The topological polar surface area (TPSA) is 41.9 Å². The van der Waals surface area contributed by atoms with E-state index in [2.05, 4.69) is 75.8 Å². The number of hydrogen-bond donors (Lipinski definition) is 0. The van der Waals surface area contributed by atoms with Crippen LogP contribution in [0, 0.1) is 0 Å². The van der Waals surface area contributed by atoms with Crippen LogP contribution in [0.25, 0.3) is 11.3 Å². The third-order valence-corrected chi connectivity index (χ3v) is 5.58. The number of rotatable bonds is 3. The van der Waals surface area contributed by atoms with Crippen LogP contribution in [-0.2, 0) is 24.9 Å². The van der Waals surface area contributed by atoms with E-state index < -0.39 is 0 Å². The lowest BCUT2D eigenvalue weighted by atomic mass is 9.95. The Kier molecular flexibility index (Phi) is 5.30. The van der Waals surface area contributed by atoms with Crippen molar-refractivity contribution in [1.29, 1.82) is 0 Å². The predicted molar refractivity (Wildman–Crippen MR) is 116 cm³/mol. The zero-order chi connectivity index (χ0) is 19.7. The summed E-state index contributed by atoms with van der Waals surface area (Å²) in [5.74, 6) is 0.937. The summed E-state index contributed by atoms with van der Waals surface area (Å²) in [4.78, 5) is 16.5. The molecule has 1 aromatic carbocycles. The summed E-state index contributed by atoms with van der Waals surface area (Å²) in [6.45, 7) is 9.29. The molecule has 28 heavy (non-hydrogen) atoms. The molecule has 4 nitrogen and oxygen atoms in total. The zero-order valence-corrected chi connectivity index (χ0v) is 18.2. The number of pyridine rings is 1. The Morgan fingerprint density at radius 1 is 1.00 bits per heavy atom. The highest BCUT2D eigenvalue weighted by Crippen LogP contribution is 2.24. The van der Waals surface area contributed by atoms with Crippen LogP contribution >= 0.6 is 15.9 Å². The molecule has 0 atom stereocenters. The normalized spacial score (nSPS) is 14.7. The van der Waals surface area contributed by atoms with Crippen LogP contribution in [0.3, 0.4) is 0 Å². The Morgan fingerprint density at radius 2 is 1.79 bits per heavy atom. The van der Waals surface area contributed by atoms with Crippen LogP contribution in [0.4, 0.5) is 0 Å². The van der Waals surface area contributed by atoms with Gasteiger partial charge in [-0.05, 0) is 23.8 Å². The van der Waals surface area contributed by atoms with Crippen molar-refractivity contribution in [1.82, 2.24) is 19.9 Å². The van der Waals surface area contributed by atoms with Gasteiger partial charge >= 0.3 is 0 Å². The molecular weight excluding hydrogens is 412 g/mol. The maximum Gasteiger partial charge on any atom is 0.133 e. The van der Waals surface area contributed by atoms with E-state index in [0.717, 1.165) is 47.6 Å². The molecule has 1 aliphatic heterocycles. The maximum absolute atomic E-state index is 4.82. The van der Waals surface area contributed by atoms with Gasteiger partial charge in [-0.2, -0.15) is 0 Å². The first-order valence-corrected chi connectivity index (χ1v) is 10.5. The Hall–Kier alpha value is -2.11. The second-order valence-electron chi connectivity index (χ2n) is 8.43. The summed E-state index contributed by atoms with van der Waals surface area (Å²) < 4.78 is 1.08. The van der Waals surface area contributed by atoms with Crippen molar-refractivity contribution in [2.75, 3.05) is 6.54 Å². The summed E-state index contributed by atoms with van der Waals surface area (Å²) in [5.41, 5.74) is 5.82. The van der Waals surface area contributed by atoms with E-state index >= 15 is 0 Å². The predicted octanol–water partition coefficient (Wildman–Crippen LogP) is 5.16. The fourth-order valence-corrected chi connectivity index (χ4v) is 3.70. The van der Waals surface area contributed by atoms with E-state index in [9.17, 15) is 0 Å². The van der Waals surface area contributed by atoms with Gasteiger partial charge in [-0.15, -0.1) is 0 Å². The molecule has 3 aromatic rings. The molecule has 3 heterocycles. The number of nitrogens with zero attached hydrogens (tertiary/aromatic N) is 4. The Bertz CT molecular complexity index is 959. The van der Waals surface area contributed by atoms with Gasteiger partial charge in [0.05, 0.1) is 5.69 Å². The van der Waals surface area contributed by atoms with Gasteiger partial charge in [0.25, 0.3) is 0 Å². The largest absolute Gasteiger partial charge is 0.294 e. The fraction of sp³-hybridized carbons (Fsp3) is 0.348. The van der Waals surface area contributed by atoms with E-state index in [1.807, 2.05) is 24.5 Å². The molecule has 144 valence electrons. The summed E-state index contributed by atoms with van der Waals surface area (Å²) in [5, 5.41) is 0. The third kappa shape index (κ3) is 4.31. The van der Waals surface area contributed by atoms with Crippen molar-refractivity contribution < 1.29 is 0 Å². The standard InChI is InChI=1S/C23H25BrN4/c1-23(2,3)22-26-13-18-15-28(11-10-21(18)27-22)14-16-4-9-20(25-12-16)17-5-7-19(24)8-6-17/h4-9,12-13H,10-11,14-15H2,1-3H3. The number of benzene rings is 1. The van der Waals surface area contributed by atoms with E-state index in [1.165, 1.54) is 16.8 Å². The summed E-state index contributed by atoms with van der Waals surface area (Å²) in [7, 11) is 0. The first-order chi connectivity index (χ1) is 13.4. The van der Waals surface area contributed by atoms with Gasteiger partial charge in [0.2, 0.25) is 0 Å². The highest BCUT2D eigenvalue weighted by atomic mass is 79.9. The van der Waals surface area contributed by atoms with Crippen molar-refractivity contribution in [3.63, 3.8) is 0 Å². The van der Waals surface area contributed by atoms with Crippen molar-refractivity contribution in [2.45, 2.75) is 45.7 Å². The van der Waals surface area contributed by atoms with Crippen molar-refractivity contribution >= 4 is 15.9 Å². The minimum Gasteiger partial charge on any atom is -0.294 e. The van der Waals surface area contributed by atoms with Crippen molar-refractivity contribution in [2.24, 2.45) is 0 Å². The molecule has 0 fully saturated rings. The number of fused-ring (bicyclic) bond motifs is 1. The Morgan fingerprint density at radius 3 is 2.46 bits per heavy atom. The molecule has 0 saturated heterocycles. The molecule has 5 heteroatoms. The van der Waals surface area contributed by atoms with Crippen LogP contribution in [0.1, 0.15) is 43.4 Å². The van der Waals surface area contributed by atoms with Gasteiger partial charge in [0, 0.05) is 65.2 Å². The van der Waals surface area contributed by atoms with Crippen LogP contribution < -0.4 is 0 Å². The van der Waals surface area contributed by atoms with E-state index in [-0.39, 0.29) is 5.41 Å². The highest BCUT2D eigenvalue weighted by Gasteiger charge is 2.22. The number of hydrogen-bond acceptors (Lipinski definition) is 4. The molecule has 0 bridgehead atoms. The molecule has 0 unspecified atom stereocenters. The minimum atomic E-state index is -0.00554. The molecule has 0 N–H and O–H groups in total. The zero-order valence-electron chi connectivity index (χ0n) is 16.6. The van der Waals surface area contributed by atoms with Crippen LogP contribution in [0.2, 0.25) is 0 Å². The van der Waals surface area contributed by atoms with Gasteiger partial charge in [0.1, 0.15) is 5.82 Å². The minimum absolute atomic E-state index is 0.00554. The molecule has 0 amide bonds. The third-order valence-electron chi connectivity index (χ3n) is 5.05. The van der Waals surface area contributed by atoms with E-state index in [1.54, 1.807) is 0 Å². The van der Waals surface area contributed by atoms with Gasteiger partial charge in [0.15, 0.2) is 0 Å². The first kappa shape index (κ1) is 19.2. The lowest BCUT2D eigenvalue weighted by molar-refractivity contribution is 0.242. The number of halogens is 1. The van der Waals surface area contributed by atoms with Gasteiger partial charge < -0.3 is 0 Å². The molecule has 0 radical (unpaired) electrons. The molecule has 2 aromatic heterocycles. The second-order valence-corrected chi connectivity index (χ2v) is 9.35. The van der Waals surface area contributed by atoms with Crippen LogP contribution in [0.15, 0.2) is 53.3 Å². The summed E-state index contributed by atoms with van der Waals surface area (Å²) in [6.07, 6.45) is 4.99. The van der Waals surface area contributed by atoms with Crippen molar-refractivity contribution in [3.05, 3.63) is 75.9 Å². The molecule has 0 spiro atoms. The van der Waals surface area contributed by atoms with Gasteiger partial charge in [-0.1, -0.05) is 54.9 Å². The number of aromatic nitrogens is 3. The van der Waals surface area contributed by atoms with E-state index in [4.69, 9.17) is 4.98 Å². The molecule has 1 aliphatic rings. The first-order valence-electron chi connectivity index (χ1n) is 9.67. The molecular formula is C23H25BrN4. The highest BCUT2D eigenvalue weighted by molar-refractivity contribution is 9.10. The lowest BCUT2D eigenvalue weighted by Crippen LogP contribution is -2.32. The quantitative estimate of drug-likeness (QED) is 0.568. The van der Waals surface area contributed by atoms with Gasteiger partial charge in [-0.25, -0.2) is 9.97 Å². The molecule has 4 rings (SSSR count). The van der Waals surface area contributed by atoms with Crippen molar-refractivity contribution in [3.8, 4) is 11.3 Å². The van der Waals surface area contributed by atoms with Gasteiger partial charge in [-0.3, -0.25) is 9.88 Å². The molecule has 0 saturated carbocycles. The summed E-state index contributed by atoms with van der Waals surface area (Å²) >= 11 is 3.48. The second kappa shape index (κ2) is 7.72. The Labute approximate surface area is 175 Å². The average Bonchev–Trinajstić information content (AvgIpc) is 2.68. The fourth-order valence-electron chi connectivity index (χ4n) is 3.44.